The van der Waals surface area contributed by atoms with Gasteiger partial charge in [-0.2, -0.15) is 0 Å². The molecule has 0 heterocycles. The molecule has 1 unspecified atom stereocenters. The van der Waals surface area contributed by atoms with Gasteiger partial charge in [0.2, 0.25) is 0 Å². The Morgan fingerprint density at radius 2 is 2.09 bits per heavy atom. The molecular weight excluding hydrogens is 272 g/mol. The van der Waals surface area contributed by atoms with Gasteiger partial charge in [0, 0.05) is 6.08 Å². The van der Waals surface area contributed by atoms with E-state index < -0.39 is 0 Å². The lowest BCUT2D eigenvalue weighted by molar-refractivity contribution is -0.134. The number of methoxy groups -OCH3 is 1. The van der Waals surface area contributed by atoms with Crippen molar-refractivity contribution in [3.63, 3.8) is 0 Å². The van der Waals surface area contributed by atoms with Gasteiger partial charge in [-0.3, -0.25) is 0 Å². The van der Waals surface area contributed by atoms with Crippen LogP contribution >= 0.6 is 0 Å². The average molecular weight is 298 g/mol. The molecular formula is C20H26O2. The highest BCUT2D eigenvalue weighted by Gasteiger charge is 2.20. The number of ether oxygens (including phenoxy) is 1. The molecule has 0 N–H and O–H groups in total. The number of unbranched alkanes of at least 4 members (excludes halogenated alkanes) is 1. The molecule has 1 aromatic carbocycles. The second-order valence-corrected chi connectivity index (χ2v) is 5.94. The third-order valence-electron chi connectivity index (χ3n) is 4.43. The molecule has 1 aliphatic rings. The fraction of sp³-hybridized carbons (Fsp3) is 0.450. The standard InChI is InChI=1S/C20H26O2/c1-3-4-8-18-15-19(16-9-6-5-7-10-16)12-11-17(18)13-14-20(21)22-2/h5-7,9-10,13-14,19H,3-4,8,11-12,15H2,1-2H3/b14-13+. The van der Waals surface area contributed by atoms with Crippen LogP contribution in [-0.4, -0.2) is 13.1 Å². The van der Waals surface area contributed by atoms with Crippen LogP contribution in [0.5, 0.6) is 0 Å². The van der Waals surface area contributed by atoms with Crippen molar-refractivity contribution < 1.29 is 9.53 Å². The molecule has 1 aliphatic carbocycles. The zero-order valence-electron chi connectivity index (χ0n) is 13.7. The molecule has 0 saturated carbocycles. The summed E-state index contributed by atoms with van der Waals surface area (Å²) in [5.41, 5.74) is 4.29. The number of rotatable bonds is 6. The molecule has 2 heteroatoms. The molecule has 0 fully saturated rings. The summed E-state index contributed by atoms with van der Waals surface area (Å²) in [6, 6.07) is 10.8. The van der Waals surface area contributed by atoms with Crippen molar-refractivity contribution >= 4 is 5.97 Å². The van der Waals surface area contributed by atoms with Gasteiger partial charge in [0.05, 0.1) is 7.11 Å². The summed E-state index contributed by atoms with van der Waals surface area (Å²) in [7, 11) is 1.42. The normalized spacial score (nSPS) is 18.7. The summed E-state index contributed by atoms with van der Waals surface area (Å²) in [6.45, 7) is 2.22. The lowest BCUT2D eigenvalue weighted by Gasteiger charge is -2.27. The van der Waals surface area contributed by atoms with Crippen LogP contribution in [0.1, 0.15) is 56.9 Å². The van der Waals surface area contributed by atoms with E-state index in [4.69, 9.17) is 4.74 Å². The number of carbonyl (C=O) groups is 1. The molecule has 0 saturated heterocycles. The minimum Gasteiger partial charge on any atom is -0.466 e. The summed E-state index contributed by atoms with van der Waals surface area (Å²) in [4.78, 5) is 11.3. The number of allylic oxidation sites excluding steroid dienone is 3. The van der Waals surface area contributed by atoms with Gasteiger partial charge in [-0.05, 0) is 49.2 Å². The van der Waals surface area contributed by atoms with E-state index in [-0.39, 0.29) is 5.97 Å². The van der Waals surface area contributed by atoms with Gasteiger partial charge in [0.15, 0.2) is 0 Å². The Labute approximate surface area is 133 Å². The molecule has 0 spiro atoms. The van der Waals surface area contributed by atoms with Crippen LogP contribution in [0.2, 0.25) is 0 Å². The van der Waals surface area contributed by atoms with Gasteiger partial charge in [-0.25, -0.2) is 4.79 Å². The summed E-state index contributed by atoms with van der Waals surface area (Å²) in [5, 5.41) is 0. The highest BCUT2D eigenvalue weighted by Crippen LogP contribution is 2.38. The fourth-order valence-electron chi connectivity index (χ4n) is 3.14. The fourth-order valence-corrected chi connectivity index (χ4v) is 3.14. The zero-order chi connectivity index (χ0) is 15.8. The third-order valence-corrected chi connectivity index (χ3v) is 4.43. The summed E-state index contributed by atoms with van der Waals surface area (Å²) in [6.07, 6.45) is 10.4. The second-order valence-electron chi connectivity index (χ2n) is 5.94. The van der Waals surface area contributed by atoms with Crippen LogP contribution in [-0.2, 0) is 9.53 Å². The molecule has 0 amide bonds. The number of carbonyl (C=O) groups excluding carboxylic acids is 1. The maximum absolute atomic E-state index is 11.3. The molecule has 0 radical (unpaired) electrons. The molecule has 2 rings (SSSR count). The van der Waals surface area contributed by atoms with E-state index in [9.17, 15) is 4.79 Å². The van der Waals surface area contributed by atoms with Gasteiger partial charge in [0.25, 0.3) is 0 Å². The Bertz CT molecular complexity index is 540. The van der Waals surface area contributed by atoms with Crippen molar-refractivity contribution in [3.05, 3.63) is 59.2 Å². The van der Waals surface area contributed by atoms with E-state index in [0.717, 1.165) is 25.7 Å². The first kappa shape index (κ1) is 16.5. The van der Waals surface area contributed by atoms with Crippen LogP contribution in [0, 0.1) is 0 Å². The quantitative estimate of drug-likeness (QED) is 0.535. The molecule has 1 atom stereocenters. The Morgan fingerprint density at radius 1 is 1.32 bits per heavy atom. The minimum absolute atomic E-state index is 0.271. The van der Waals surface area contributed by atoms with Crippen LogP contribution in [0.25, 0.3) is 0 Å². The van der Waals surface area contributed by atoms with Gasteiger partial charge in [-0.15, -0.1) is 0 Å². The van der Waals surface area contributed by atoms with Gasteiger partial charge in [0.1, 0.15) is 0 Å². The van der Waals surface area contributed by atoms with E-state index in [1.807, 2.05) is 6.08 Å². The molecule has 22 heavy (non-hydrogen) atoms. The van der Waals surface area contributed by atoms with Crippen molar-refractivity contribution in [3.8, 4) is 0 Å². The van der Waals surface area contributed by atoms with Crippen molar-refractivity contribution in [2.45, 2.75) is 51.4 Å². The lowest BCUT2D eigenvalue weighted by atomic mass is 9.78. The van der Waals surface area contributed by atoms with E-state index in [0.29, 0.717) is 5.92 Å². The Kier molecular flexibility index (Phi) is 6.45. The Balaban J connectivity index is 2.15. The topological polar surface area (TPSA) is 26.3 Å². The highest BCUT2D eigenvalue weighted by atomic mass is 16.5. The van der Waals surface area contributed by atoms with Gasteiger partial charge >= 0.3 is 5.97 Å². The highest BCUT2D eigenvalue weighted by molar-refractivity contribution is 5.82. The first-order chi connectivity index (χ1) is 10.7. The number of esters is 1. The van der Waals surface area contributed by atoms with Crippen molar-refractivity contribution in [2.24, 2.45) is 0 Å². The number of hydrogen-bond acceptors (Lipinski definition) is 2. The van der Waals surface area contributed by atoms with Gasteiger partial charge in [-0.1, -0.05) is 55.3 Å². The smallest absolute Gasteiger partial charge is 0.330 e. The molecule has 0 bridgehead atoms. The van der Waals surface area contributed by atoms with Crippen molar-refractivity contribution in [1.29, 1.82) is 0 Å². The molecule has 0 aliphatic heterocycles. The number of benzene rings is 1. The van der Waals surface area contributed by atoms with Crippen LogP contribution in [0.3, 0.4) is 0 Å². The zero-order valence-corrected chi connectivity index (χ0v) is 13.7. The second kappa shape index (κ2) is 8.57. The maximum atomic E-state index is 11.3. The van der Waals surface area contributed by atoms with Gasteiger partial charge < -0.3 is 4.74 Å². The van der Waals surface area contributed by atoms with Crippen molar-refractivity contribution in [2.75, 3.05) is 7.11 Å². The van der Waals surface area contributed by atoms with E-state index in [1.54, 1.807) is 6.08 Å². The lowest BCUT2D eigenvalue weighted by Crippen LogP contribution is -2.09. The van der Waals surface area contributed by atoms with E-state index in [1.165, 1.54) is 36.7 Å². The molecule has 118 valence electrons. The van der Waals surface area contributed by atoms with Crippen LogP contribution in [0.4, 0.5) is 0 Å². The molecule has 1 aromatic rings. The number of hydrogen-bond donors (Lipinski definition) is 0. The maximum Gasteiger partial charge on any atom is 0.330 e. The first-order valence-electron chi connectivity index (χ1n) is 8.26. The van der Waals surface area contributed by atoms with E-state index >= 15 is 0 Å². The summed E-state index contributed by atoms with van der Waals surface area (Å²) < 4.78 is 4.70. The Morgan fingerprint density at radius 3 is 2.77 bits per heavy atom. The Hall–Kier alpha value is -1.83. The summed E-state index contributed by atoms with van der Waals surface area (Å²) >= 11 is 0. The molecule has 2 nitrogen and oxygen atoms in total. The SMILES string of the molecule is CCCCC1=C(/C=C/C(=O)OC)CCC(c2ccccc2)C1. The largest absolute Gasteiger partial charge is 0.466 e. The van der Waals surface area contributed by atoms with Crippen LogP contribution < -0.4 is 0 Å². The third kappa shape index (κ3) is 4.59. The molecule has 0 aromatic heterocycles. The predicted octanol–water partition coefficient (Wildman–Crippen LogP) is 5.17. The monoisotopic (exact) mass is 298 g/mol. The minimum atomic E-state index is -0.271. The average Bonchev–Trinajstić information content (AvgIpc) is 2.58. The first-order valence-corrected chi connectivity index (χ1v) is 8.26. The van der Waals surface area contributed by atoms with E-state index in [2.05, 4.69) is 37.3 Å². The summed E-state index contributed by atoms with van der Waals surface area (Å²) in [5.74, 6) is 0.343. The van der Waals surface area contributed by atoms with Crippen LogP contribution in [0.15, 0.2) is 53.6 Å². The van der Waals surface area contributed by atoms with Crippen molar-refractivity contribution in [1.82, 2.24) is 0 Å². The predicted molar refractivity (Wildman–Crippen MR) is 90.7 cm³/mol.